The third kappa shape index (κ3) is 2.73. The van der Waals surface area contributed by atoms with Crippen LogP contribution >= 0.6 is 11.8 Å². The Morgan fingerprint density at radius 2 is 1.78 bits per heavy atom. The first-order chi connectivity index (χ1) is 11.2. The summed E-state index contributed by atoms with van der Waals surface area (Å²) < 4.78 is 0. The zero-order chi connectivity index (χ0) is 15.8. The Morgan fingerprint density at radius 1 is 1.04 bits per heavy atom. The number of hydrogen-bond donors (Lipinski definition) is 0. The van der Waals surface area contributed by atoms with Crippen LogP contribution in [0.15, 0.2) is 59.5 Å². The van der Waals surface area contributed by atoms with E-state index >= 15 is 0 Å². The van der Waals surface area contributed by atoms with Gasteiger partial charge in [0.15, 0.2) is 0 Å². The van der Waals surface area contributed by atoms with Gasteiger partial charge in [0, 0.05) is 29.8 Å². The molecule has 2 aromatic carbocycles. The van der Waals surface area contributed by atoms with Gasteiger partial charge in [0.05, 0.1) is 5.25 Å². The summed E-state index contributed by atoms with van der Waals surface area (Å²) in [6.07, 6.45) is 1.69. The summed E-state index contributed by atoms with van der Waals surface area (Å²) in [5.41, 5.74) is 2.89. The molecule has 1 fully saturated rings. The topological polar surface area (TPSA) is 20.3 Å². The molecular formula is C20H21NOS. The largest absolute Gasteiger partial charge is 0.298 e. The highest BCUT2D eigenvalue weighted by Crippen LogP contribution is 2.45. The van der Waals surface area contributed by atoms with Gasteiger partial charge in [0.1, 0.15) is 5.78 Å². The second-order valence-electron chi connectivity index (χ2n) is 6.57. The molecule has 1 saturated carbocycles. The molecule has 3 atom stereocenters. The van der Waals surface area contributed by atoms with Crippen LogP contribution in [0.25, 0.3) is 0 Å². The van der Waals surface area contributed by atoms with Crippen molar-refractivity contribution in [2.45, 2.75) is 41.5 Å². The number of fused-ring (bicyclic) bond motifs is 3. The van der Waals surface area contributed by atoms with E-state index in [0.717, 1.165) is 13.0 Å². The van der Waals surface area contributed by atoms with Gasteiger partial charge >= 0.3 is 0 Å². The van der Waals surface area contributed by atoms with Gasteiger partial charge < -0.3 is 0 Å². The molecule has 0 saturated heterocycles. The van der Waals surface area contributed by atoms with Crippen molar-refractivity contribution < 1.29 is 4.79 Å². The van der Waals surface area contributed by atoms with Crippen LogP contribution in [0.1, 0.15) is 29.9 Å². The highest BCUT2D eigenvalue weighted by molar-refractivity contribution is 8.00. The number of ketones is 1. The lowest BCUT2D eigenvalue weighted by atomic mass is 9.74. The van der Waals surface area contributed by atoms with Gasteiger partial charge in [-0.3, -0.25) is 9.69 Å². The second-order valence-corrected chi connectivity index (χ2v) is 7.78. The fourth-order valence-corrected chi connectivity index (χ4v) is 5.48. The molecule has 1 aliphatic carbocycles. The van der Waals surface area contributed by atoms with Crippen LogP contribution < -0.4 is 0 Å². The maximum Gasteiger partial charge on any atom is 0.147 e. The molecule has 0 amide bonds. The van der Waals surface area contributed by atoms with Crippen LogP contribution in [-0.4, -0.2) is 29.0 Å². The molecule has 0 aromatic heterocycles. The molecule has 4 rings (SSSR count). The van der Waals surface area contributed by atoms with E-state index in [0.29, 0.717) is 24.2 Å². The Morgan fingerprint density at radius 3 is 2.61 bits per heavy atom. The van der Waals surface area contributed by atoms with Crippen molar-refractivity contribution in [2.24, 2.45) is 0 Å². The molecule has 1 aliphatic heterocycles. The van der Waals surface area contributed by atoms with Crippen molar-refractivity contribution in [3.05, 3.63) is 65.7 Å². The van der Waals surface area contributed by atoms with Crippen LogP contribution in [0.4, 0.5) is 0 Å². The minimum atomic E-state index is 0.0366. The quantitative estimate of drug-likeness (QED) is 0.829. The van der Waals surface area contributed by atoms with Crippen molar-refractivity contribution >= 4 is 17.5 Å². The predicted octanol–water partition coefficient (Wildman–Crippen LogP) is 4.11. The molecule has 1 heterocycles. The van der Waals surface area contributed by atoms with E-state index in [2.05, 4.69) is 48.3 Å². The fraction of sp³-hybridized carbons (Fsp3) is 0.350. The molecular weight excluding hydrogens is 302 g/mol. The third-order valence-corrected chi connectivity index (χ3v) is 6.47. The van der Waals surface area contributed by atoms with Crippen LogP contribution in [0.5, 0.6) is 0 Å². The normalized spacial score (nSPS) is 27.3. The highest BCUT2D eigenvalue weighted by Gasteiger charge is 2.44. The molecule has 118 valence electrons. The molecule has 2 aliphatic rings. The van der Waals surface area contributed by atoms with E-state index in [-0.39, 0.29) is 5.25 Å². The van der Waals surface area contributed by atoms with E-state index < -0.39 is 0 Å². The monoisotopic (exact) mass is 323 g/mol. The molecule has 0 spiro atoms. The number of thioether (sulfide) groups is 1. The van der Waals surface area contributed by atoms with Gasteiger partial charge in [-0.2, -0.15) is 0 Å². The number of nitrogens with zero attached hydrogens (tertiary/aromatic N) is 1. The van der Waals surface area contributed by atoms with Gasteiger partial charge in [-0.1, -0.05) is 42.5 Å². The smallest absolute Gasteiger partial charge is 0.147 e. The first-order valence-corrected chi connectivity index (χ1v) is 9.14. The van der Waals surface area contributed by atoms with Crippen LogP contribution in [0.3, 0.4) is 0 Å². The number of carbonyl (C=O) groups excluding carboxylic acids is 1. The second kappa shape index (κ2) is 6.14. The first-order valence-electron chi connectivity index (χ1n) is 8.26. The average Bonchev–Trinajstić information content (AvgIpc) is 2.58. The summed E-state index contributed by atoms with van der Waals surface area (Å²) in [6, 6.07) is 19.4. The molecule has 23 heavy (non-hydrogen) atoms. The van der Waals surface area contributed by atoms with Crippen LogP contribution in [0.2, 0.25) is 0 Å². The van der Waals surface area contributed by atoms with Gasteiger partial charge in [-0.25, -0.2) is 0 Å². The summed E-state index contributed by atoms with van der Waals surface area (Å²) in [5.74, 6) is 0.884. The van der Waals surface area contributed by atoms with Gasteiger partial charge in [0.25, 0.3) is 0 Å². The standard InChI is InChI=1S/C20H21NOS/c1-21-13-14-7-5-6-10-16(14)17-11-12-18(22)20(19(17)21)23-15-8-3-2-4-9-15/h2-10,17,19-20H,11-13H2,1H3. The third-order valence-electron chi connectivity index (χ3n) is 5.13. The summed E-state index contributed by atoms with van der Waals surface area (Å²) in [5, 5.41) is 0.0366. The molecule has 0 radical (unpaired) electrons. The van der Waals surface area contributed by atoms with Crippen molar-refractivity contribution in [1.82, 2.24) is 4.90 Å². The number of benzene rings is 2. The molecule has 0 bridgehead atoms. The lowest BCUT2D eigenvalue weighted by molar-refractivity contribution is -0.121. The van der Waals surface area contributed by atoms with E-state index in [4.69, 9.17) is 0 Å². The van der Waals surface area contributed by atoms with E-state index in [9.17, 15) is 4.79 Å². The van der Waals surface area contributed by atoms with E-state index in [1.165, 1.54) is 16.0 Å². The zero-order valence-electron chi connectivity index (χ0n) is 13.3. The van der Waals surface area contributed by atoms with Crippen molar-refractivity contribution in [3.63, 3.8) is 0 Å². The molecule has 2 aromatic rings. The predicted molar refractivity (Wildman–Crippen MR) is 94.8 cm³/mol. The average molecular weight is 323 g/mol. The Balaban J connectivity index is 1.69. The SMILES string of the molecule is CN1Cc2ccccc2C2CCC(=O)C(Sc3ccccc3)C21. The zero-order valence-corrected chi connectivity index (χ0v) is 14.1. The van der Waals surface area contributed by atoms with E-state index in [1.54, 1.807) is 11.8 Å². The number of Topliss-reactive ketones (excluding diaryl/α,β-unsaturated/α-hetero) is 1. The number of rotatable bonds is 2. The van der Waals surface area contributed by atoms with Crippen molar-refractivity contribution in [3.8, 4) is 0 Å². The summed E-state index contributed by atoms with van der Waals surface area (Å²) in [4.78, 5) is 16.3. The maximum atomic E-state index is 12.7. The van der Waals surface area contributed by atoms with Crippen LogP contribution in [0, 0.1) is 0 Å². The molecule has 3 heteroatoms. The summed E-state index contributed by atoms with van der Waals surface area (Å²) in [6.45, 7) is 0.941. The number of carbonyl (C=O) groups is 1. The number of likely N-dealkylation sites (N-methyl/N-ethyl adjacent to an activating group) is 1. The van der Waals surface area contributed by atoms with Gasteiger partial charge in [0.2, 0.25) is 0 Å². The van der Waals surface area contributed by atoms with Gasteiger partial charge in [-0.05, 0) is 36.7 Å². The highest BCUT2D eigenvalue weighted by atomic mass is 32.2. The molecule has 3 unspecified atom stereocenters. The minimum absolute atomic E-state index is 0.0366. The Labute approximate surface area is 141 Å². The van der Waals surface area contributed by atoms with Crippen molar-refractivity contribution in [2.75, 3.05) is 7.05 Å². The molecule has 2 nitrogen and oxygen atoms in total. The Kier molecular flexibility index (Phi) is 4.00. The molecule has 0 N–H and O–H groups in total. The lowest BCUT2D eigenvalue weighted by Gasteiger charge is -2.46. The first kappa shape index (κ1) is 15.0. The summed E-state index contributed by atoms with van der Waals surface area (Å²) in [7, 11) is 2.17. The van der Waals surface area contributed by atoms with Crippen LogP contribution in [-0.2, 0) is 11.3 Å². The van der Waals surface area contributed by atoms with Gasteiger partial charge in [-0.15, -0.1) is 11.8 Å². The Bertz CT molecular complexity index is 715. The van der Waals surface area contributed by atoms with E-state index in [1.807, 2.05) is 18.2 Å². The Hall–Kier alpha value is -1.58. The number of hydrogen-bond acceptors (Lipinski definition) is 3. The maximum absolute atomic E-state index is 12.7. The minimum Gasteiger partial charge on any atom is -0.298 e. The summed E-state index contributed by atoms with van der Waals surface area (Å²) >= 11 is 1.75. The van der Waals surface area contributed by atoms with Crippen molar-refractivity contribution in [1.29, 1.82) is 0 Å². The lowest BCUT2D eigenvalue weighted by Crippen LogP contribution is -2.52. The fourth-order valence-electron chi connectivity index (χ4n) is 4.09.